The van der Waals surface area contributed by atoms with Gasteiger partial charge in [0.15, 0.2) is 0 Å². The molecule has 0 saturated carbocycles. The number of nitrogens with one attached hydrogen (secondary N) is 2. The molecule has 0 aliphatic carbocycles. The normalized spacial score (nSPS) is 20.7. The molecule has 2 heterocycles. The van der Waals surface area contributed by atoms with E-state index in [1.807, 2.05) is 0 Å². The fraction of sp³-hybridized carbons (Fsp3) is 0.526. The van der Waals surface area contributed by atoms with Crippen molar-refractivity contribution in [3.63, 3.8) is 0 Å². The van der Waals surface area contributed by atoms with Crippen LogP contribution in [0.3, 0.4) is 0 Å². The molecule has 1 amide bonds. The van der Waals surface area contributed by atoms with Gasteiger partial charge in [0, 0.05) is 26.2 Å². The Bertz CT molecular complexity index is 910. The molecular weight excluding hydrogens is 348 g/mol. The number of ether oxygens (including phenoxy) is 1. The average molecular weight is 374 g/mol. The van der Waals surface area contributed by atoms with Crippen molar-refractivity contribution in [3.8, 4) is 0 Å². The monoisotopic (exact) mass is 374 g/mol. The van der Waals surface area contributed by atoms with Gasteiger partial charge >= 0.3 is 0 Å². The van der Waals surface area contributed by atoms with Crippen LogP contribution in [0.4, 0.5) is 0 Å². The molecule has 0 spiro atoms. The zero-order valence-corrected chi connectivity index (χ0v) is 15.7. The number of hydrogen-bond donors (Lipinski definition) is 2. The van der Waals surface area contributed by atoms with E-state index in [2.05, 4.69) is 29.2 Å². The van der Waals surface area contributed by atoms with Gasteiger partial charge in [0.05, 0.1) is 23.0 Å². The number of carbonyl (C=O) groups excluding carboxylic acids is 1. The molecule has 8 heteroatoms. The van der Waals surface area contributed by atoms with E-state index in [1.54, 1.807) is 24.3 Å². The topological polar surface area (TPSA) is 96.4 Å². The number of hydrogen-bond acceptors (Lipinski definition) is 5. The van der Waals surface area contributed by atoms with E-state index in [1.165, 1.54) is 0 Å². The average Bonchev–Trinajstić information content (AvgIpc) is 2.62. The van der Waals surface area contributed by atoms with Gasteiger partial charge in [0.25, 0.3) is 11.1 Å². The number of aromatic nitrogens is 2. The maximum atomic E-state index is 12.4. The van der Waals surface area contributed by atoms with Crippen molar-refractivity contribution in [1.29, 1.82) is 0 Å². The Morgan fingerprint density at radius 1 is 1.19 bits per heavy atom. The largest absolute Gasteiger partial charge is 0.373 e. The van der Waals surface area contributed by atoms with Gasteiger partial charge in [-0.05, 0) is 32.4 Å². The van der Waals surface area contributed by atoms with Crippen molar-refractivity contribution in [2.45, 2.75) is 39.0 Å². The summed E-state index contributed by atoms with van der Waals surface area (Å²) in [6, 6.07) is 6.57. The highest BCUT2D eigenvalue weighted by Crippen LogP contribution is 2.10. The summed E-state index contributed by atoms with van der Waals surface area (Å²) in [5.41, 5.74) is -0.759. The minimum atomic E-state index is -0.381. The molecule has 1 aliphatic heterocycles. The van der Waals surface area contributed by atoms with Gasteiger partial charge in [-0.3, -0.25) is 24.4 Å². The third kappa shape index (κ3) is 4.84. The lowest BCUT2D eigenvalue weighted by molar-refractivity contribution is -0.122. The number of aromatic amines is 1. The van der Waals surface area contributed by atoms with Gasteiger partial charge in [-0.15, -0.1) is 0 Å². The molecular formula is C19H26N4O4. The summed E-state index contributed by atoms with van der Waals surface area (Å²) in [5.74, 6) is -0.299. The number of H-pyrrole nitrogens is 1. The van der Waals surface area contributed by atoms with Crippen LogP contribution in [0.25, 0.3) is 10.8 Å². The molecule has 27 heavy (non-hydrogen) atoms. The van der Waals surface area contributed by atoms with Gasteiger partial charge in [-0.2, -0.15) is 0 Å². The highest BCUT2D eigenvalue weighted by molar-refractivity contribution is 5.81. The number of nitrogens with zero attached hydrogens (tertiary/aromatic N) is 2. The predicted octanol–water partition coefficient (Wildman–Crippen LogP) is 0.305. The Hall–Kier alpha value is -2.45. The van der Waals surface area contributed by atoms with E-state index in [-0.39, 0.29) is 35.8 Å². The molecule has 1 aromatic carbocycles. The van der Waals surface area contributed by atoms with Crippen LogP contribution in [-0.2, 0) is 16.1 Å². The molecule has 0 bridgehead atoms. The third-order valence-corrected chi connectivity index (χ3v) is 4.65. The highest BCUT2D eigenvalue weighted by atomic mass is 16.5. The summed E-state index contributed by atoms with van der Waals surface area (Å²) in [5, 5.41) is 5.91. The van der Waals surface area contributed by atoms with Crippen molar-refractivity contribution >= 4 is 16.7 Å². The zero-order chi connectivity index (χ0) is 19.4. The molecule has 0 unspecified atom stereocenters. The smallest absolute Gasteiger partial charge is 0.273 e. The van der Waals surface area contributed by atoms with Crippen LogP contribution in [-0.4, -0.2) is 59.0 Å². The van der Waals surface area contributed by atoms with Crippen molar-refractivity contribution in [2.24, 2.45) is 0 Å². The van der Waals surface area contributed by atoms with Crippen LogP contribution in [0.2, 0.25) is 0 Å². The van der Waals surface area contributed by atoms with E-state index >= 15 is 0 Å². The first kappa shape index (κ1) is 19.3. The highest BCUT2D eigenvalue weighted by Gasteiger charge is 2.21. The van der Waals surface area contributed by atoms with E-state index < -0.39 is 0 Å². The quantitative estimate of drug-likeness (QED) is 0.709. The van der Waals surface area contributed by atoms with E-state index in [9.17, 15) is 14.4 Å². The van der Waals surface area contributed by atoms with Gasteiger partial charge in [-0.1, -0.05) is 12.1 Å². The molecule has 0 radical (unpaired) electrons. The van der Waals surface area contributed by atoms with Crippen molar-refractivity contribution in [2.75, 3.05) is 26.2 Å². The number of benzene rings is 1. The Morgan fingerprint density at radius 3 is 2.56 bits per heavy atom. The second-order valence-electron chi connectivity index (χ2n) is 7.10. The second-order valence-corrected chi connectivity index (χ2v) is 7.10. The van der Waals surface area contributed by atoms with Gasteiger partial charge < -0.3 is 10.1 Å². The third-order valence-electron chi connectivity index (χ3n) is 4.65. The molecule has 2 atom stereocenters. The summed E-state index contributed by atoms with van der Waals surface area (Å²) >= 11 is 0. The van der Waals surface area contributed by atoms with Crippen LogP contribution in [0.15, 0.2) is 33.9 Å². The lowest BCUT2D eigenvalue weighted by Crippen LogP contribution is -2.46. The molecule has 146 valence electrons. The van der Waals surface area contributed by atoms with Crippen LogP contribution in [0.5, 0.6) is 0 Å². The zero-order valence-electron chi connectivity index (χ0n) is 15.7. The molecule has 2 N–H and O–H groups in total. The number of fused-ring (bicyclic) bond motifs is 1. The molecule has 1 aliphatic rings. The summed E-state index contributed by atoms with van der Waals surface area (Å²) in [7, 11) is 0. The van der Waals surface area contributed by atoms with E-state index in [4.69, 9.17) is 4.74 Å². The minimum absolute atomic E-state index is 0.204. The van der Waals surface area contributed by atoms with Crippen molar-refractivity contribution in [3.05, 3.63) is 45.0 Å². The Kier molecular flexibility index (Phi) is 6.08. The summed E-state index contributed by atoms with van der Waals surface area (Å²) in [6.45, 7) is 7.11. The van der Waals surface area contributed by atoms with Gasteiger partial charge in [0.1, 0.15) is 6.54 Å². The first-order chi connectivity index (χ1) is 12.9. The Balaban J connectivity index is 1.51. The van der Waals surface area contributed by atoms with Crippen molar-refractivity contribution < 1.29 is 9.53 Å². The number of carbonyl (C=O) groups is 1. The van der Waals surface area contributed by atoms with Crippen molar-refractivity contribution in [1.82, 2.24) is 20.0 Å². The molecule has 3 rings (SSSR count). The summed E-state index contributed by atoms with van der Waals surface area (Å²) in [6.07, 6.45) is 1.26. The first-order valence-corrected chi connectivity index (χ1v) is 9.30. The number of amides is 1. The Labute approximate surface area is 157 Å². The fourth-order valence-electron chi connectivity index (χ4n) is 3.55. The fourth-order valence-corrected chi connectivity index (χ4v) is 3.55. The minimum Gasteiger partial charge on any atom is -0.373 e. The molecule has 2 aromatic rings. The first-order valence-electron chi connectivity index (χ1n) is 9.30. The van der Waals surface area contributed by atoms with Crippen LogP contribution < -0.4 is 16.4 Å². The summed E-state index contributed by atoms with van der Waals surface area (Å²) in [4.78, 5) is 38.9. The predicted molar refractivity (Wildman–Crippen MR) is 103 cm³/mol. The van der Waals surface area contributed by atoms with Gasteiger partial charge in [-0.25, -0.2) is 4.68 Å². The van der Waals surface area contributed by atoms with Gasteiger partial charge in [0.2, 0.25) is 5.91 Å². The molecule has 1 saturated heterocycles. The Morgan fingerprint density at radius 2 is 1.85 bits per heavy atom. The lowest BCUT2D eigenvalue weighted by atomic mass is 10.2. The van der Waals surface area contributed by atoms with E-state index in [0.29, 0.717) is 17.3 Å². The maximum absolute atomic E-state index is 12.4. The lowest BCUT2D eigenvalue weighted by Gasteiger charge is -2.35. The van der Waals surface area contributed by atoms with Crippen LogP contribution in [0, 0.1) is 0 Å². The van der Waals surface area contributed by atoms with Crippen LogP contribution >= 0.6 is 0 Å². The maximum Gasteiger partial charge on any atom is 0.273 e. The summed E-state index contributed by atoms with van der Waals surface area (Å²) < 4.78 is 6.77. The standard InChI is InChI=1S/C19H26N4O4/c1-13-10-22(11-14(2)27-13)9-5-8-20-17(24)12-23-19(26)16-7-4-3-6-15(16)18(25)21-23/h3-4,6-7,13-14H,5,8-12H2,1-2H3,(H,20,24)(H,21,25)/t13-,14-/m0/s1. The molecule has 8 nitrogen and oxygen atoms in total. The molecule has 1 fully saturated rings. The molecule has 1 aromatic heterocycles. The number of morpholine rings is 1. The van der Waals surface area contributed by atoms with Crippen LogP contribution in [0.1, 0.15) is 20.3 Å². The SMILES string of the molecule is C[C@H]1CN(CCCNC(=O)Cn2[nH]c(=O)c3ccccc3c2=O)C[C@H](C)O1. The number of rotatable bonds is 6. The second kappa shape index (κ2) is 8.49. The van der Waals surface area contributed by atoms with E-state index in [0.717, 1.165) is 30.7 Å².